The molecule has 2 N–H and O–H groups in total. The number of nitrogens with zero attached hydrogens (tertiary/aromatic N) is 1. The fourth-order valence-corrected chi connectivity index (χ4v) is 3.62. The van der Waals surface area contributed by atoms with Gasteiger partial charge in [-0.3, -0.25) is 0 Å². The average Bonchev–Trinajstić information content (AvgIpc) is 2.76. The van der Waals surface area contributed by atoms with Crippen molar-refractivity contribution in [2.45, 2.75) is 31.3 Å². The van der Waals surface area contributed by atoms with Gasteiger partial charge in [-0.15, -0.1) is 0 Å². The minimum absolute atomic E-state index is 0.310. The van der Waals surface area contributed by atoms with Crippen LogP contribution in [0.25, 0.3) is 0 Å². The summed E-state index contributed by atoms with van der Waals surface area (Å²) in [5.41, 5.74) is 11.9. The van der Waals surface area contributed by atoms with Gasteiger partial charge in [0, 0.05) is 6.04 Å². The van der Waals surface area contributed by atoms with E-state index in [-0.39, 0.29) is 5.54 Å². The van der Waals surface area contributed by atoms with Gasteiger partial charge in [-0.1, -0.05) is 54.1 Å². The average molecular weight is 280 g/mol. The Hall–Kier alpha value is -1.64. The minimum atomic E-state index is -0.310. The van der Waals surface area contributed by atoms with E-state index in [1.807, 2.05) is 0 Å². The lowest BCUT2D eigenvalue weighted by Gasteiger charge is -2.37. The topological polar surface area (TPSA) is 29.3 Å². The van der Waals surface area contributed by atoms with Crippen molar-refractivity contribution in [1.82, 2.24) is 4.90 Å². The largest absolute Gasteiger partial charge is 0.320 e. The van der Waals surface area contributed by atoms with Crippen molar-refractivity contribution in [2.24, 2.45) is 5.73 Å². The molecule has 2 unspecified atom stereocenters. The minimum Gasteiger partial charge on any atom is -0.320 e. The van der Waals surface area contributed by atoms with Crippen LogP contribution in [0.1, 0.15) is 22.3 Å². The molecule has 3 rings (SSSR count). The van der Waals surface area contributed by atoms with Crippen LogP contribution >= 0.6 is 0 Å². The highest BCUT2D eigenvalue weighted by Crippen LogP contribution is 2.39. The van der Waals surface area contributed by atoms with Crippen molar-refractivity contribution in [3.63, 3.8) is 0 Å². The third kappa shape index (κ3) is 2.50. The molecule has 2 aromatic carbocycles. The fraction of sp³-hybridized carbons (Fsp3) is 0.368. The summed E-state index contributed by atoms with van der Waals surface area (Å²) in [6.07, 6.45) is 1.92. The first-order valence-corrected chi connectivity index (χ1v) is 7.60. The van der Waals surface area contributed by atoms with E-state index in [9.17, 15) is 0 Å². The molecule has 0 radical (unpaired) electrons. The first-order chi connectivity index (χ1) is 10.0. The maximum absolute atomic E-state index is 6.94. The van der Waals surface area contributed by atoms with Gasteiger partial charge in [-0.25, -0.2) is 0 Å². The van der Waals surface area contributed by atoms with Crippen molar-refractivity contribution < 1.29 is 0 Å². The van der Waals surface area contributed by atoms with Crippen molar-refractivity contribution >= 4 is 0 Å². The summed E-state index contributed by atoms with van der Waals surface area (Å²) in [5.74, 6) is 0. The van der Waals surface area contributed by atoms with E-state index in [2.05, 4.69) is 74.4 Å². The highest BCUT2D eigenvalue weighted by atomic mass is 15.1. The second-order valence-electron chi connectivity index (χ2n) is 6.54. The Kier molecular flexibility index (Phi) is 3.60. The Morgan fingerprint density at radius 2 is 1.76 bits per heavy atom. The monoisotopic (exact) mass is 280 g/mol. The highest BCUT2D eigenvalue weighted by molar-refractivity contribution is 5.43. The Morgan fingerprint density at radius 1 is 1.10 bits per heavy atom. The molecule has 0 aromatic heterocycles. The molecule has 1 aliphatic rings. The number of fused-ring (bicyclic) bond motifs is 1. The number of hydrogen-bond donors (Lipinski definition) is 1. The van der Waals surface area contributed by atoms with Crippen molar-refractivity contribution in [2.75, 3.05) is 14.1 Å². The number of benzene rings is 2. The van der Waals surface area contributed by atoms with Crippen molar-refractivity contribution in [1.29, 1.82) is 0 Å². The van der Waals surface area contributed by atoms with Crippen molar-refractivity contribution in [3.05, 3.63) is 70.8 Å². The molecule has 0 aliphatic heterocycles. The summed E-state index contributed by atoms with van der Waals surface area (Å²) < 4.78 is 0. The molecule has 21 heavy (non-hydrogen) atoms. The quantitative estimate of drug-likeness (QED) is 0.936. The number of nitrogens with two attached hydrogens (primary N) is 1. The van der Waals surface area contributed by atoms with Crippen LogP contribution in [0.4, 0.5) is 0 Å². The van der Waals surface area contributed by atoms with Gasteiger partial charge in [0.1, 0.15) is 0 Å². The fourth-order valence-electron chi connectivity index (χ4n) is 3.62. The maximum atomic E-state index is 6.94. The predicted octanol–water partition coefficient (Wildman–Crippen LogP) is 2.88. The van der Waals surface area contributed by atoms with Gasteiger partial charge in [0.25, 0.3) is 0 Å². The zero-order chi connectivity index (χ0) is 15.0. The Bertz CT molecular complexity index is 630. The molecule has 0 fully saturated rings. The van der Waals surface area contributed by atoms with E-state index in [0.717, 1.165) is 12.8 Å². The van der Waals surface area contributed by atoms with E-state index >= 15 is 0 Å². The van der Waals surface area contributed by atoms with Gasteiger partial charge in [0.15, 0.2) is 0 Å². The first kappa shape index (κ1) is 14.3. The molecular weight excluding hydrogens is 256 g/mol. The van der Waals surface area contributed by atoms with Gasteiger partial charge in [-0.2, -0.15) is 0 Å². The van der Waals surface area contributed by atoms with Gasteiger partial charge in [-0.05, 0) is 50.6 Å². The zero-order valence-electron chi connectivity index (χ0n) is 13.1. The standard InChI is InChI=1S/C19H24N2/c1-14-8-10-15(11-9-14)13-19(20)17-7-5-4-6-16(17)12-18(19)21(2)3/h4-11,18H,12-13,20H2,1-3H3. The molecule has 0 amide bonds. The summed E-state index contributed by atoms with van der Waals surface area (Å²) in [5, 5.41) is 0. The van der Waals surface area contributed by atoms with Gasteiger partial charge >= 0.3 is 0 Å². The molecule has 2 heteroatoms. The summed E-state index contributed by atoms with van der Waals surface area (Å²) >= 11 is 0. The molecule has 2 nitrogen and oxygen atoms in total. The Balaban J connectivity index is 2.00. The van der Waals surface area contributed by atoms with Crippen LogP contribution in [0.2, 0.25) is 0 Å². The zero-order valence-corrected chi connectivity index (χ0v) is 13.1. The smallest absolute Gasteiger partial charge is 0.0613 e. The van der Waals surface area contributed by atoms with Crippen LogP contribution in [0.5, 0.6) is 0 Å². The number of hydrogen-bond acceptors (Lipinski definition) is 2. The van der Waals surface area contributed by atoms with Crippen LogP contribution in [0.3, 0.4) is 0 Å². The van der Waals surface area contributed by atoms with Gasteiger partial charge in [0.05, 0.1) is 5.54 Å². The maximum Gasteiger partial charge on any atom is 0.0613 e. The van der Waals surface area contributed by atoms with E-state index < -0.39 is 0 Å². The van der Waals surface area contributed by atoms with E-state index in [0.29, 0.717) is 6.04 Å². The Labute approximate surface area is 127 Å². The van der Waals surface area contributed by atoms with E-state index in [1.165, 1.54) is 22.3 Å². The Morgan fingerprint density at radius 3 is 2.43 bits per heavy atom. The molecule has 0 bridgehead atoms. The van der Waals surface area contributed by atoms with E-state index in [1.54, 1.807) is 0 Å². The SMILES string of the molecule is Cc1ccc(CC2(N)c3ccccc3CC2N(C)C)cc1. The lowest BCUT2D eigenvalue weighted by atomic mass is 9.82. The molecule has 0 heterocycles. The van der Waals surface area contributed by atoms with Gasteiger partial charge in [0.2, 0.25) is 0 Å². The van der Waals surface area contributed by atoms with Crippen LogP contribution < -0.4 is 5.73 Å². The van der Waals surface area contributed by atoms with Gasteiger partial charge < -0.3 is 10.6 Å². The van der Waals surface area contributed by atoms with Crippen LogP contribution in [0, 0.1) is 6.92 Å². The summed E-state index contributed by atoms with van der Waals surface area (Å²) in [6, 6.07) is 17.7. The number of aryl methyl sites for hydroxylation is 1. The van der Waals surface area contributed by atoms with E-state index in [4.69, 9.17) is 5.73 Å². The lowest BCUT2D eigenvalue weighted by Crippen LogP contribution is -2.53. The molecule has 1 aliphatic carbocycles. The second-order valence-corrected chi connectivity index (χ2v) is 6.54. The lowest BCUT2D eigenvalue weighted by molar-refractivity contribution is 0.192. The molecule has 2 atom stereocenters. The number of likely N-dealkylation sites (N-methyl/N-ethyl adjacent to an activating group) is 1. The van der Waals surface area contributed by atoms with Crippen molar-refractivity contribution in [3.8, 4) is 0 Å². The molecule has 0 saturated heterocycles. The molecular formula is C19H24N2. The van der Waals surface area contributed by atoms with Crippen LogP contribution in [-0.4, -0.2) is 25.0 Å². The summed E-state index contributed by atoms with van der Waals surface area (Å²) in [7, 11) is 4.26. The molecule has 2 aromatic rings. The second kappa shape index (κ2) is 5.28. The molecule has 110 valence electrons. The summed E-state index contributed by atoms with van der Waals surface area (Å²) in [4.78, 5) is 2.27. The van der Waals surface area contributed by atoms with Crippen LogP contribution in [0.15, 0.2) is 48.5 Å². The third-order valence-electron chi connectivity index (χ3n) is 4.77. The molecule has 0 saturated carbocycles. The third-order valence-corrected chi connectivity index (χ3v) is 4.77. The predicted molar refractivity (Wildman–Crippen MR) is 88.4 cm³/mol. The summed E-state index contributed by atoms with van der Waals surface area (Å²) in [6.45, 7) is 2.12. The molecule has 0 spiro atoms. The first-order valence-electron chi connectivity index (χ1n) is 7.60. The van der Waals surface area contributed by atoms with Crippen LogP contribution in [-0.2, 0) is 18.4 Å². The number of rotatable bonds is 3. The normalized spacial score (nSPS) is 24.3. The highest BCUT2D eigenvalue weighted by Gasteiger charge is 2.44.